The molecule has 2 aromatic carbocycles. The number of hydrogen-bond acceptors (Lipinski definition) is 5. The molecule has 3 aromatic rings. The van der Waals surface area contributed by atoms with Crippen molar-refractivity contribution in [2.24, 2.45) is 0 Å². The number of nitrogens with zero attached hydrogens (tertiary/aromatic N) is 2. The van der Waals surface area contributed by atoms with Gasteiger partial charge in [0.25, 0.3) is 5.56 Å². The van der Waals surface area contributed by atoms with Gasteiger partial charge < -0.3 is 10.1 Å². The van der Waals surface area contributed by atoms with Crippen LogP contribution in [0.5, 0.6) is 0 Å². The van der Waals surface area contributed by atoms with E-state index in [0.29, 0.717) is 5.69 Å². The van der Waals surface area contributed by atoms with Crippen molar-refractivity contribution >= 4 is 11.8 Å². The molecule has 0 radical (unpaired) electrons. The zero-order valence-corrected chi connectivity index (χ0v) is 16.9. The van der Waals surface area contributed by atoms with E-state index in [9.17, 15) is 9.59 Å². The summed E-state index contributed by atoms with van der Waals surface area (Å²) >= 11 is 0. The van der Waals surface area contributed by atoms with Crippen LogP contribution >= 0.6 is 0 Å². The molecule has 0 spiro atoms. The van der Waals surface area contributed by atoms with Crippen LogP contribution in [-0.4, -0.2) is 21.1 Å². The van der Waals surface area contributed by atoms with E-state index in [4.69, 9.17) is 4.74 Å². The third-order valence-corrected chi connectivity index (χ3v) is 4.15. The number of carbonyl (C=O) groups excluding carboxylic acids is 1. The zero-order valence-electron chi connectivity index (χ0n) is 16.9. The highest BCUT2D eigenvalue weighted by Gasteiger charge is 2.19. The Morgan fingerprint density at radius 2 is 1.66 bits per heavy atom. The van der Waals surface area contributed by atoms with Crippen LogP contribution in [0.25, 0.3) is 11.3 Å². The summed E-state index contributed by atoms with van der Waals surface area (Å²) in [4.78, 5) is 29.9. The summed E-state index contributed by atoms with van der Waals surface area (Å²) in [5, 5.41) is 3.10. The molecule has 0 unspecified atom stereocenters. The van der Waals surface area contributed by atoms with Crippen LogP contribution in [0.15, 0.2) is 71.7 Å². The van der Waals surface area contributed by atoms with E-state index in [-0.39, 0.29) is 30.1 Å². The van der Waals surface area contributed by atoms with Crippen LogP contribution in [0.4, 0.5) is 5.82 Å². The molecule has 0 amide bonds. The summed E-state index contributed by atoms with van der Waals surface area (Å²) in [6, 6.07) is 18.8. The Morgan fingerprint density at radius 3 is 2.28 bits per heavy atom. The highest BCUT2D eigenvalue weighted by Crippen LogP contribution is 2.19. The van der Waals surface area contributed by atoms with Crippen molar-refractivity contribution < 1.29 is 9.53 Å². The van der Waals surface area contributed by atoms with Crippen molar-refractivity contribution in [2.75, 3.05) is 5.32 Å². The van der Waals surface area contributed by atoms with E-state index in [1.807, 2.05) is 81.4 Å². The van der Waals surface area contributed by atoms with E-state index in [1.54, 1.807) is 6.20 Å². The van der Waals surface area contributed by atoms with Gasteiger partial charge in [0.2, 0.25) is 0 Å². The Hall–Kier alpha value is -3.41. The SMILES string of the molecule is CC(C)(C)Nc1ncc(-c2ccccc2)n(CC(=O)OCc2ccccc2)c1=O. The van der Waals surface area contributed by atoms with Crippen LogP contribution in [-0.2, 0) is 22.7 Å². The van der Waals surface area contributed by atoms with Gasteiger partial charge in [-0.1, -0.05) is 60.7 Å². The Morgan fingerprint density at radius 1 is 1.03 bits per heavy atom. The number of ether oxygens (including phenoxy) is 1. The van der Waals surface area contributed by atoms with E-state index < -0.39 is 5.97 Å². The number of anilines is 1. The molecule has 0 fully saturated rings. The lowest BCUT2D eigenvalue weighted by Crippen LogP contribution is -2.35. The molecule has 0 bridgehead atoms. The maximum absolute atomic E-state index is 13.1. The monoisotopic (exact) mass is 391 g/mol. The first-order valence-electron chi connectivity index (χ1n) is 9.46. The second-order valence-electron chi connectivity index (χ2n) is 7.77. The average molecular weight is 391 g/mol. The maximum atomic E-state index is 13.1. The molecular formula is C23H25N3O3. The minimum Gasteiger partial charge on any atom is -0.459 e. The fourth-order valence-electron chi connectivity index (χ4n) is 2.84. The summed E-state index contributed by atoms with van der Waals surface area (Å²) in [5.41, 5.74) is 1.55. The van der Waals surface area contributed by atoms with Gasteiger partial charge in [-0.3, -0.25) is 14.2 Å². The molecule has 6 heteroatoms. The van der Waals surface area contributed by atoms with Crippen molar-refractivity contribution in [3.05, 3.63) is 82.8 Å². The number of aromatic nitrogens is 2. The Kier molecular flexibility index (Phi) is 6.12. The first kappa shape index (κ1) is 20.3. The summed E-state index contributed by atoms with van der Waals surface area (Å²) in [6.45, 7) is 5.79. The summed E-state index contributed by atoms with van der Waals surface area (Å²) in [6.07, 6.45) is 1.61. The summed E-state index contributed by atoms with van der Waals surface area (Å²) in [7, 11) is 0. The zero-order chi connectivity index (χ0) is 20.9. The van der Waals surface area contributed by atoms with Gasteiger partial charge in [-0.15, -0.1) is 0 Å². The number of rotatable bonds is 6. The topological polar surface area (TPSA) is 73.2 Å². The Balaban J connectivity index is 1.90. The van der Waals surface area contributed by atoms with Crippen molar-refractivity contribution in [1.29, 1.82) is 0 Å². The van der Waals surface area contributed by atoms with Gasteiger partial charge in [0.05, 0.1) is 11.9 Å². The Labute approximate surface area is 170 Å². The van der Waals surface area contributed by atoms with Crippen molar-refractivity contribution in [1.82, 2.24) is 9.55 Å². The molecule has 1 aromatic heterocycles. The minimum absolute atomic E-state index is 0.160. The first-order chi connectivity index (χ1) is 13.8. The van der Waals surface area contributed by atoms with Crippen LogP contribution < -0.4 is 10.9 Å². The third-order valence-electron chi connectivity index (χ3n) is 4.15. The fraction of sp³-hybridized carbons (Fsp3) is 0.261. The molecule has 0 saturated heterocycles. The molecule has 0 aliphatic heterocycles. The predicted molar refractivity (Wildman–Crippen MR) is 114 cm³/mol. The van der Waals surface area contributed by atoms with Gasteiger partial charge in [-0.2, -0.15) is 0 Å². The number of esters is 1. The van der Waals surface area contributed by atoms with Crippen LogP contribution in [0.1, 0.15) is 26.3 Å². The van der Waals surface area contributed by atoms with Crippen LogP contribution in [0, 0.1) is 0 Å². The van der Waals surface area contributed by atoms with Gasteiger partial charge in [-0.05, 0) is 31.9 Å². The van der Waals surface area contributed by atoms with Gasteiger partial charge in [0, 0.05) is 5.54 Å². The van der Waals surface area contributed by atoms with Crippen molar-refractivity contribution in [3.8, 4) is 11.3 Å². The molecule has 29 heavy (non-hydrogen) atoms. The lowest BCUT2D eigenvalue weighted by Gasteiger charge is -2.22. The average Bonchev–Trinajstić information content (AvgIpc) is 2.70. The van der Waals surface area contributed by atoms with Crippen molar-refractivity contribution in [3.63, 3.8) is 0 Å². The highest BCUT2D eigenvalue weighted by molar-refractivity contribution is 5.71. The van der Waals surface area contributed by atoms with Crippen LogP contribution in [0.3, 0.4) is 0 Å². The second kappa shape index (κ2) is 8.73. The van der Waals surface area contributed by atoms with E-state index >= 15 is 0 Å². The molecule has 0 aliphatic rings. The Bertz CT molecular complexity index is 1020. The molecule has 150 valence electrons. The molecule has 6 nitrogen and oxygen atoms in total. The number of nitrogens with one attached hydrogen (secondary N) is 1. The molecule has 0 atom stereocenters. The quantitative estimate of drug-likeness (QED) is 0.646. The molecule has 1 heterocycles. The number of benzene rings is 2. The third kappa shape index (κ3) is 5.54. The molecule has 1 N–H and O–H groups in total. The lowest BCUT2D eigenvalue weighted by atomic mass is 10.1. The van der Waals surface area contributed by atoms with E-state index in [2.05, 4.69) is 10.3 Å². The highest BCUT2D eigenvalue weighted by atomic mass is 16.5. The first-order valence-corrected chi connectivity index (χ1v) is 9.46. The standard InChI is InChI=1S/C23H25N3O3/c1-23(2,3)25-21-22(28)26(19(14-24-21)18-12-8-5-9-13-18)15-20(27)29-16-17-10-6-4-7-11-17/h4-14H,15-16H2,1-3H3,(H,24,25). The maximum Gasteiger partial charge on any atom is 0.326 e. The molecule has 3 rings (SSSR count). The predicted octanol–water partition coefficient (Wildman–Crippen LogP) is 3.86. The minimum atomic E-state index is -0.485. The van der Waals surface area contributed by atoms with Gasteiger partial charge in [0.15, 0.2) is 5.82 Å². The summed E-state index contributed by atoms with van der Waals surface area (Å²) in [5.74, 6) is -0.283. The molecule has 0 saturated carbocycles. The van der Waals surface area contributed by atoms with Gasteiger partial charge in [-0.25, -0.2) is 4.98 Å². The van der Waals surface area contributed by atoms with E-state index in [1.165, 1.54) is 4.57 Å². The fourth-order valence-corrected chi connectivity index (χ4v) is 2.84. The number of carbonyl (C=O) groups is 1. The summed E-state index contributed by atoms with van der Waals surface area (Å²) < 4.78 is 6.79. The van der Waals surface area contributed by atoms with E-state index in [0.717, 1.165) is 11.1 Å². The molecule has 0 aliphatic carbocycles. The van der Waals surface area contributed by atoms with Crippen LogP contribution in [0.2, 0.25) is 0 Å². The van der Waals surface area contributed by atoms with Gasteiger partial charge in [0.1, 0.15) is 13.2 Å². The molecular weight excluding hydrogens is 366 g/mol. The second-order valence-corrected chi connectivity index (χ2v) is 7.77. The van der Waals surface area contributed by atoms with Gasteiger partial charge >= 0.3 is 5.97 Å². The smallest absolute Gasteiger partial charge is 0.326 e. The number of hydrogen-bond donors (Lipinski definition) is 1. The largest absolute Gasteiger partial charge is 0.459 e. The normalized spacial score (nSPS) is 11.1. The van der Waals surface area contributed by atoms with Crippen molar-refractivity contribution in [2.45, 2.75) is 39.5 Å². The lowest BCUT2D eigenvalue weighted by molar-refractivity contribution is -0.145.